The first-order valence-corrected chi connectivity index (χ1v) is 15.3. The van der Waals surface area contributed by atoms with Crippen molar-refractivity contribution in [2.75, 3.05) is 0 Å². The molecule has 0 fully saturated rings. The fourth-order valence-corrected chi connectivity index (χ4v) is 6.00. The van der Waals surface area contributed by atoms with Gasteiger partial charge in [0.15, 0.2) is 5.82 Å². The Hall–Kier alpha value is -6.64. The quantitative estimate of drug-likeness (QED) is 0.183. The molecule has 0 N–H and O–H groups in total. The van der Waals surface area contributed by atoms with Gasteiger partial charge in [0.2, 0.25) is 5.43 Å². The normalized spacial score (nSPS) is 11.0. The third-order valence-corrected chi connectivity index (χ3v) is 8.34. The summed E-state index contributed by atoms with van der Waals surface area (Å²) in [6.07, 6.45) is 0. The SMILES string of the molecule is N#Cc1c(-c2ccccc2)nc(-c2ccccc2)nc1-c1cccc(-c2cccc(-c3ccc4oc5ccccc5c(=O)c4c3)c2)c1. The maximum atomic E-state index is 13.3. The molecule has 0 radical (unpaired) electrons. The molecular formula is C42H25N3O2. The molecule has 6 aromatic carbocycles. The highest BCUT2D eigenvalue weighted by Crippen LogP contribution is 2.35. The fourth-order valence-electron chi connectivity index (χ4n) is 6.00. The number of nitrogens with zero attached hydrogens (tertiary/aromatic N) is 3. The van der Waals surface area contributed by atoms with Crippen LogP contribution < -0.4 is 5.43 Å². The van der Waals surface area contributed by atoms with Crippen molar-refractivity contribution in [2.24, 2.45) is 0 Å². The minimum absolute atomic E-state index is 0.0459. The van der Waals surface area contributed by atoms with Gasteiger partial charge in [-0.15, -0.1) is 0 Å². The van der Waals surface area contributed by atoms with Crippen molar-refractivity contribution < 1.29 is 4.42 Å². The summed E-state index contributed by atoms with van der Waals surface area (Å²) in [4.78, 5) is 23.2. The molecule has 8 aromatic rings. The number of rotatable bonds is 5. The maximum Gasteiger partial charge on any atom is 0.200 e. The topological polar surface area (TPSA) is 79.8 Å². The lowest BCUT2D eigenvalue weighted by Gasteiger charge is -2.13. The first kappa shape index (κ1) is 27.9. The maximum absolute atomic E-state index is 13.3. The fraction of sp³-hybridized carbons (Fsp3) is 0. The molecule has 0 saturated carbocycles. The zero-order chi connectivity index (χ0) is 31.7. The summed E-state index contributed by atoms with van der Waals surface area (Å²) in [7, 11) is 0. The molecular weight excluding hydrogens is 578 g/mol. The molecule has 0 bridgehead atoms. The van der Waals surface area contributed by atoms with Crippen molar-refractivity contribution in [2.45, 2.75) is 0 Å². The summed E-state index contributed by atoms with van der Waals surface area (Å²) in [5.74, 6) is 0.555. The molecule has 5 heteroatoms. The Bertz CT molecular complexity index is 2550. The highest BCUT2D eigenvalue weighted by atomic mass is 16.3. The van der Waals surface area contributed by atoms with Gasteiger partial charge in [0.25, 0.3) is 0 Å². The van der Waals surface area contributed by atoms with E-state index in [1.807, 2.05) is 127 Å². The molecule has 220 valence electrons. The first-order valence-electron chi connectivity index (χ1n) is 15.3. The molecule has 2 aromatic heterocycles. The molecule has 0 saturated heterocycles. The van der Waals surface area contributed by atoms with E-state index in [4.69, 9.17) is 14.4 Å². The number of hydrogen-bond donors (Lipinski definition) is 0. The zero-order valence-corrected chi connectivity index (χ0v) is 25.1. The molecule has 0 amide bonds. The Morgan fingerprint density at radius 3 is 1.66 bits per heavy atom. The number of aromatic nitrogens is 2. The number of nitriles is 1. The van der Waals surface area contributed by atoms with Gasteiger partial charge in [0.05, 0.1) is 22.2 Å². The molecule has 0 atom stereocenters. The van der Waals surface area contributed by atoms with Crippen molar-refractivity contribution >= 4 is 21.9 Å². The van der Waals surface area contributed by atoms with Gasteiger partial charge in [0.1, 0.15) is 22.8 Å². The van der Waals surface area contributed by atoms with Crippen LogP contribution in [0.15, 0.2) is 161 Å². The summed E-state index contributed by atoms with van der Waals surface area (Å²) in [5.41, 5.74) is 9.08. The second-order valence-corrected chi connectivity index (χ2v) is 11.3. The minimum atomic E-state index is -0.0459. The van der Waals surface area contributed by atoms with E-state index < -0.39 is 0 Å². The third-order valence-electron chi connectivity index (χ3n) is 8.34. The highest BCUT2D eigenvalue weighted by Gasteiger charge is 2.19. The molecule has 8 rings (SSSR count). The van der Waals surface area contributed by atoms with E-state index in [2.05, 4.69) is 24.3 Å². The van der Waals surface area contributed by atoms with Crippen LogP contribution in [0.3, 0.4) is 0 Å². The lowest BCUT2D eigenvalue weighted by Crippen LogP contribution is -2.02. The van der Waals surface area contributed by atoms with Crippen LogP contribution in [0, 0.1) is 11.3 Å². The molecule has 0 aliphatic rings. The molecule has 47 heavy (non-hydrogen) atoms. The Morgan fingerprint density at radius 2 is 0.979 bits per heavy atom. The van der Waals surface area contributed by atoms with Crippen LogP contribution in [0.1, 0.15) is 5.56 Å². The van der Waals surface area contributed by atoms with Gasteiger partial charge in [-0.05, 0) is 58.7 Å². The average Bonchev–Trinajstić information content (AvgIpc) is 3.15. The van der Waals surface area contributed by atoms with E-state index in [9.17, 15) is 10.1 Å². The number of hydrogen-bond acceptors (Lipinski definition) is 5. The van der Waals surface area contributed by atoms with Crippen LogP contribution in [-0.2, 0) is 0 Å². The minimum Gasteiger partial charge on any atom is -0.456 e. The van der Waals surface area contributed by atoms with Crippen LogP contribution in [0.5, 0.6) is 0 Å². The van der Waals surface area contributed by atoms with E-state index in [1.54, 1.807) is 6.07 Å². The van der Waals surface area contributed by atoms with Gasteiger partial charge in [-0.1, -0.05) is 115 Å². The summed E-state index contributed by atoms with van der Waals surface area (Å²) in [6.45, 7) is 0. The lowest BCUT2D eigenvalue weighted by atomic mass is 9.95. The smallest absolute Gasteiger partial charge is 0.200 e. The summed E-state index contributed by atoms with van der Waals surface area (Å²) in [5, 5.41) is 11.5. The average molecular weight is 604 g/mol. The van der Waals surface area contributed by atoms with Crippen molar-refractivity contribution in [3.8, 4) is 62.2 Å². The Kier molecular flexibility index (Phi) is 6.94. The van der Waals surface area contributed by atoms with Gasteiger partial charge in [0, 0.05) is 16.7 Å². The Morgan fingerprint density at radius 1 is 0.468 bits per heavy atom. The van der Waals surface area contributed by atoms with Crippen molar-refractivity contribution in [3.05, 3.63) is 167 Å². The molecule has 2 heterocycles. The van der Waals surface area contributed by atoms with Gasteiger partial charge < -0.3 is 4.42 Å². The predicted octanol–water partition coefficient (Wildman–Crippen LogP) is 9.94. The van der Waals surface area contributed by atoms with E-state index in [1.165, 1.54) is 0 Å². The van der Waals surface area contributed by atoms with Crippen molar-refractivity contribution in [1.82, 2.24) is 9.97 Å². The summed E-state index contributed by atoms with van der Waals surface area (Å²) >= 11 is 0. The Labute approximate surface area is 270 Å². The number of fused-ring (bicyclic) bond motifs is 2. The van der Waals surface area contributed by atoms with E-state index >= 15 is 0 Å². The molecule has 0 spiro atoms. The zero-order valence-electron chi connectivity index (χ0n) is 25.1. The second-order valence-electron chi connectivity index (χ2n) is 11.3. The van der Waals surface area contributed by atoms with Gasteiger partial charge in [-0.2, -0.15) is 5.26 Å². The predicted molar refractivity (Wildman–Crippen MR) is 187 cm³/mol. The van der Waals surface area contributed by atoms with E-state index in [0.29, 0.717) is 44.7 Å². The summed E-state index contributed by atoms with van der Waals surface area (Å²) < 4.78 is 6.02. The Balaban J connectivity index is 1.24. The third kappa shape index (κ3) is 5.14. The van der Waals surface area contributed by atoms with Gasteiger partial charge in [-0.3, -0.25) is 4.79 Å². The molecule has 0 aliphatic carbocycles. The lowest BCUT2D eigenvalue weighted by molar-refractivity contribution is 0.660. The molecule has 0 aliphatic heterocycles. The molecule has 5 nitrogen and oxygen atoms in total. The van der Waals surface area contributed by atoms with Crippen LogP contribution >= 0.6 is 0 Å². The van der Waals surface area contributed by atoms with Gasteiger partial charge >= 0.3 is 0 Å². The first-order chi connectivity index (χ1) is 23.2. The monoisotopic (exact) mass is 603 g/mol. The van der Waals surface area contributed by atoms with Crippen LogP contribution in [0.25, 0.3) is 78.1 Å². The van der Waals surface area contributed by atoms with Crippen LogP contribution in [-0.4, -0.2) is 9.97 Å². The molecule has 0 unspecified atom stereocenters. The van der Waals surface area contributed by atoms with Crippen molar-refractivity contribution in [3.63, 3.8) is 0 Å². The van der Waals surface area contributed by atoms with Gasteiger partial charge in [-0.25, -0.2) is 9.97 Å². The number of para-hydroxylation sites is 1. The summed E-state index contributed by atoms with van der Waals surface area (Å²) in [6, 6.07) is 51.3. The number of benzene rings is 6. The van der Waals surface area contributed by atoms with E-state index in [-0.39, 0.29) is 5.43 Å². The largest absolute Gasteiger partial charge is 0.456 e. The van der Waals surface area contributed by atoms with Crippen molar-refractivity contribution in [1.29, 1.82) is 5.26 Å². The highest BCUT2D eigenvalue weighted by molar-refractivity contribution is 5.92. The van der Waals surface area contributed by atoms with Crippen LogP contribution in [0.2, 0.25) is 0 Å². The van der Waals surface area contributed by atoms with E-state index in [0.717, 1.165) is 38.9 Å². The second kappa shape index (κ2) is 11.7. The van der Waals surface area contributed by atoms with Crippen LogP contribution in [0.4, 0.5) is 0 Å². The standard InChI is InChI=1S/C42H25N3O2/c43-26-36-39(27-11-3-1-4-12-27)44-42(28-13-5-2-6-14-28)45-40(36)33-18-10-17-31(24-33)29-15-9-16-30(23-29)32-21-22-38-35(25-32)41(46)34-19-7-8-20-37(34)47-38/h1-25H.